The van der Waals surface area contributed by atoms with Crippen molar-refractivity contribution in [2.75, 3.05) is 13.1 Å². The maximum atomic E-state index is 12.3. The van der Waals surface area contributed by atoms with Crippen molar-refractivity contribution in [1.29, 1.82) is 0 Å². The highest BCUT2D eigenvalue weighted by atomic mass is 32.1. The fourth-order valence-electron chi connectivity index (χ4n) is 3.18. The van der Waals surface area contributed by atoms with Crippen LogP contribution in [0.1, 0.15) is 37.0 Å². The lowest BCUT2D eigenvalue weighted by molar-refractivity contribution is -0.123. The summed E-state index contributed by atoms with van der Waals surface area (Å²) in [5.74, 6) is 1.91. The third kappa shape index (κ3) is 3.86. The Labute approximate surface area is 155 Å². The number of aromatic nitrogens is 2. The van der Waals surface area contributed by atoms with E-state index in [1.165, 1.54) is 0 Å². The third-order valence-electron chi connectivity index (χ3n) is 4.47. The zero-order valence-corrected chi connectivity index (χ0v) is 15.1. The maximum Gasteiger partial charge on any atom is 0.244 e. The minimum absolute atomic E-state index is 0.0145. The molecule has 0 aliphatic carbocycles. The standard InChI is InChI=1S/C18H20N4O3S/c23-16(19-11-13-5-3-9-24-13)12-22-8-2-1-6-14(22)18-20-17(21-25-18)15-7-4-10-26-15/h3-5,7,9-10,14H,1-2,6,8,11-12H2,(H,19,23)/t14-/m0/s1. The number of amides is 1. The van der Waals surface area contributed by atoms with Gasteiger partial charge < -0.3 is 14.3 Å². The summed E-state index contributed by atoms with van der Waals surface area (Å²) in [4.78, 5) is 20.0. The Hall–Kier alpha value is -2.45. The van der Waals surface area contributed by atoms with Gasteiger partial charge in [0.25, 0.3) is 0 Å². The lowest BCUT2D eigenvalue weighted by atomic mass is 10.0. The van der Waals surface area contributed by atoms with E-state index in [4.69, 9.17) is 8.94 Å². The molecule has 3 aromatic rings. The van der Waals surface area contributed by atoms with Gasteiger partial charge in [0.2, 0.25) is 17.6 Å². The molecule has 1 amide bonds. The molecule has 1 aliphatic heterocycles. The molecule has 7 nitrogen and oxygen atoms in total. The third-order valence-corrected chi connectivity index (χ3v) is 5.33. The summed E-state index contributed by atoms with van der Waals surface area (Å²) in [6.45, 7) is 1.55. The second kappa shape index (κ2) is 7.84. The molecule has 0 spiro atoms. The van der Waals surface area contributed by atoms with E-state index in [9.17, 15) is 4.79 Å². The number of piperidine rings is 1. The van der Waals surface area contributed by atoms with Gasteiger partial charge in [0.15, 0.2) is 0 Å². The van der Waals surface area contributed by atoms with Gasteiger partial charge in [-0.2, -0.15) is 4.98 Å². The molecule has 1 fully saturated rings. The average Bonchev–Trinajstić information content (AvgIpc) is 3.42. The first kappa shape index (κ1) is 17.0. The molecule has 0 radical (unpaired) electrons. The van der Waals surface area contributed by atoms with Gasteiger partial charge in [-0.3, -0.25) is 9.69 Å². The minimum atomic E-state index is -0.0358. The highest BCUT2D eigenvalue weighted by Gasteiger charge is 2.30. The first-order chi connectivity index (χ1) is 12.8. The number of nitrogens with one attached hydrogen (secondary N) is 1. The topological polar surface area (TPSA) is 84.4 Å². The van der Waals surface area contributed by atoms with Crippen molar-refractivity contribution < 1.29 is 13.7 Å². The molecule has 0 bridgehead atoms. The number of thiophene rings is 1. The molecule has 3 aromatic heterocycles. The molecule has 1 saturated heterocycles. The summed E-state index contributed by atoms with van der Waals surface area (Å²) in [6, 6.07) is 7.57. The first-order valence-corrected chi connectivity index (χ1v) is 9.58. The Balaban J connectivity index is 1.40. The van der Waals surface area contributed by atoms with E-state index < -0.39 is 0 Å². The van der Waals surface area contributed by atoms with Crippen LogP contribution in [0.4, 0.5) is 0 Å². The lowest BCUT2D eigenvalue weighted by Crippen LogP contribution is -2.41. The zero-order chi connectivity index (χ0) is 17.8. The van der Waals surface area contributed by atoms with Crippen LogP contribution in [0.15, 0.2) is 44.8 Å². The molecular weight excluding hydrogens is 352 g/mol. The van der Waals surface area contributed by atoms with Crippen molar-refractivity contribution in [2.45, 2.75) is 31.8 Å². The number of hydrogen-bond acceptors (Lipinski definition) is 7. The fraction of sp³-hybridized carbons (Fsp3) is 0.389. The van der Waals surface area contributed by atoms with Gasteiger partial charge in [-0.05, 0) is 43.0 Å². The van der Waals surface area contributed by atoms with Crippen molar-refractivity contribution in [3.8, 4) is 10.7 Å². The molecule has 136 valence electrons. The van der Waals surface area contributed by atoms with Crippen LogP contribution in [-0.4, -0.2) is 34.0 Å². The van der Waals surface area contributed by atoms with Crippen LogP contribution < -0.4 is 5.32 Å². The monoisotopic (exact) mass is 372 g/mol. The van der Waals surface area contributed by atoms with Gasteiger partial charge >= 0.3 is 0 Å². The van der Waals surface area contributed by atoms with Crippen molar-refractivity contribution in [1.82, 2.24) is 20.4 Å². The number of hydrogen-bond donors (Lipinski definition) is 1. The number of carbonyl (C=O) groups excluding carboxylic acids is 1. The first-order valence-electron chi connectivity index (χ1n) is 8.70. The molecule has 8 heteroatoms. The van der Waals surface area contributed by atoms with Gasteiger partial charge in [0.1, 0.15) is 5.76 Å². The average molecular weight is 372 g/mol. The Bertz CT molecular complexity index is 829. The Morgan fingerprint density at radius 1 is 1.35 bits per heavy atom. The van der Waals surface area contributed by atoms with Crippen LogP contribution in [0.5, 0.6) is 0 Å². The normalized spacial score (nSPS) is 18.1. The molecule has 1 aliphatic rings. The number of rotatable bonds is 6. The Kier molecular flexibility index (Phi) is 5.12. The number of furan rings is 1. The van der Waals surface area contributed by atoms with Crippen LogP contribution in [-0.2, 0) is 11.3 Å². The van der Waals surface area contributed by atoms with E-state index in [1.54, 1.807) is 17.6 Å². The molecule has 4 heterocycles. The highest BCUT2D eigenvalue weighted by Crippen LogP contribution is 2.31. The van der Waals surface area contributed by atoms with Crippen molar-refractivity contribution >= 4 is 17.2 Å². The van der Waals surface area contributed by atoms with Gasteiger partial charge in [-0.25, -0.2) is 0 Å². The molecule has 0 aromatic carbocycles. The summed E-state index contributed by atoms with van der Waals surface area (Å²) in [5, 5.41) is 8.98. The highest BCUT2D eigenvalue weighted by molar-refractivity contribution is 7.13. The van der Waals surface area contributed by atoms with Crippen molar-refractivity contribution in [3.63, 3.8) is 0 Å². The second-order valence-electron chi connectivity index (χ2n) is 6.27. The molecule has 1 atom stereocenters. The van der Waals surface area contributed by atoms with Crippen molar-refractivity contribution in [2.24, 2.45) is 0 Å². The lowest BCUT2D eigenvalue weighted by Gasteiger charge is -2.32. The van der Waals surface area contributed by atoms with Gasteiger partial charge in [-0.1, -0.05) is 17.6 Å². The largest absolute Gasteiger partial charge is 0.467 e. The number of nitrogens with zero attached hydrogens (tertiary/aromatic N) is 3. The summed E-state index contributed by atoms with van der Waals surface area (Å²) in [5.41, 5.74) is 0. The van der Waals surface area contributed by atoms with Gasteiger partial charge in [0, 0.05) is 0 Å². The van der Waals surface area contributed by atoms with E-state index in [1.807, 2.05) is 29.6 Å². The summed E-state index contributed by atoms with van der Waals surface area (Å²) in [7, 11) is 0. The summed E-state index contributed by atoms with van der Waals surface area (Å²) >= 11 is 1.58. The molecular formula is C18H20N4O3S. The Morgan fingerprint density at radius 3 is 3.12 bits per heavy atom. The predicted molar refractivity (Wildman–Crippen MR) is 96.3 cm³/mol. The number of likely N-dealkylation sites (tertiary alicyclic amines) is 1. The van der Waals surface area contributed by atoms with E-state index >= 15 is 0 Å². The molecule has 4 rings (SSSR count). The number of carbonyl (C=O) groups is 1. The van der Waals surface area contributed by atoms with E-state index in [2.05, 4.69) is 20.4 Å². The second-order valence-corrected chi connectivity index (χ2v) is 7.22. The summed E-state index contributed by atoms with van der Waals surface area (Å²) < 4.78 is 10.8. The van der Waals surface area contributed by atoms with Crippen LogP contribution >= 0.6 is 11.3 Å². The SMILES string of the molecule is O=C(CN1CCCC[C@H]1c1nc(-c2cccs2)no1)NCc1ccco1. The fourth-order valence-corrected chi connectivity index (χ4v) is 3.82. The van der Waals surface area contributed by atoms with Gasteiger partial charge in [0.05, 0.1) is 30.3 Å². The smallest absolute Gasteiger partial charge is 0.244 e. The molecule has 0 saturated carbocycles. The zero-order valence-electron chi connectivity index (χ0n) is 14.3. The van der Waals surface area contributed by atoms with E-state index in [0.29, 0.717) is 24.8 Å². The van der Waals surface area contributed by atoms with Crippen LogP contribution in [0.25, 0.3) is 10.7 Å². The predicted octanol–water partition coefficient (Wildman–Crippen LogP) is 3.23. The van der Waals surface area contributed by atoms with Crippen LogP contribution in [0.3, 0.4) is 0 Å². The quantitative estimate of drug-likeness (QED) is 0.715. The molecule has 0 unspecified atom stereocenters. The minimum Gasteiger partial charge on any atom is -0.467 e. The van der Waals surface area contributed by atoms with Crippen molar-refractivity contribution in [3.05, 3.63) is 47.6 Å². The van der Waals surface area contributed by atoms with Crippen LogP contribution in [0.2, 0.25) is 0 Å². The maximum absolute atomic E-state index is 12.3. The summed E-state index contributed by atoms with van der Waals surface area (Å²) in [6.07, 6.45) is 4.67. The van der Waals surface area contributed by atoms with E-state index in [0.717, 1.165) is 36.4 Å². The molecule has 26 heavy (non-hydrogen) atoms. The van der Waals surface area contributed by atoms with Crippen LogP contribution in [0, 0.1) is 0 Å². The Morgan fingerprint density at radius 2 is 2.31 bits per heavy atom. The van der Waals surface area contributed by atoms with E-state index in [-0.39, 0.29) is 11.9 Å². The van der Waals surface area contributed by atoms with Gasteiger partial charge in [-0.15, -0.1) is 11.3 Å². The molecule has 1 N–H and O–H groups in total.